The van der Waals surface area contributed by atoms with E-state index in [9.17, 15) is 9.90 Å². The highest BCUT2D eigenvalue weighted by atomic mass is 16.3. The van der Waals surface area contributed by atoms with Crippen molar-refractivity contribution < 1.29 is 9.90 Å². The first kappa shape index (κ1) is 15.8. The van der Waals surface area contributed by atoms with Crippen LogP contribution in [0.25, 0.3) is 22.3 Å². The normalized spacial score (nSPS) is 14.5. The van der Waals surface area contributed by atoms with Crippen molar-refractivity contribution in [1.82, 2.24) is 20.1 Å². The molecule has 0 atom stereocenters. The first-order valence-corrected chi connectivity index (χ1v) is 8.15. The number of benzene rings is 1. The molecule has 0 bridgehead atoms. The zero-order valence-electron chi connectivity index (χ0n) is 13.8. The zero-order chi connectivity index (χ0) is 18.1. The molecule has 0 unspecified atom stereocenters. The number of carbonyl (C=O) groups is 1. The second kappa shape index (κ2) is 6.33. The molecule has 7 nitrogen and oxygen atoms in total. The van der Waals surface area contributed by atoms with Gasteiger partial charge in [0, 0.05) is 47.8 Å². The minimum absolute atomic E-state index is 0.152. The van der Waals surface area contributed by atoms with E-state index in [0.29, 0.717) is 30.0 Å². The Morgan fingerprint density at radius 3 is 2.88 bits per heavy atom. The summed E-state index contributed by atoms with van der Waals surface area (Å²) >= 11 is 0. The number of para-hydroxylation sites is 1. The molecule has 0 aliphatic carbocycles. The Labute approximate surface area is 149 Å². The number of amides is 1. The van der Waals surface area contributed by atoms with E-state index in [1.165, 1.54) is 12.2 Å². The lowest BCUT2D eigenvalue weighted by Crippen LogP contribution is -2.47. The standard InChI is InChI=1S/C19H15N5O2/c20-7-3-6-18(26)24-10-13(11-24)15-8-12-9-16(22-23-19(12)21-15)14-4-1-2-5-17(14)25/h1-6,8-9,13,25H,10-11H2,(H,21,23)/b6-3+. The average molecular weight is 345 g/mol. The van der Waals surface area contributed by atoms with E-state index in [4.69, 9.17) is 5.26 Å². The van der Waals surface area contributed by atoms with Crippen molar-refractivity contribution in [2.24, 2.45) is 0 Å². The number of allylic oxidation sites excluding steroid dienone is 1. The number of likely N-dealkylation sites (tertiary alicyclic amines) is 1. The summed E-state index contributed by atoms with van der Waals surface area (Å²) in [6.45, 7) is 1.20. The number of hydrogen-bond donors (Lipinski definition) is 2. The van der Waals surface area contributed by atoms with Gasteiger partial charge in [-0.1, -0.05) is 12.1 Å². The number of rotatable bonds is 3. The van der Waals surface area contributed by atoms with E-state index in [-0.39, 0.29) is 17.6 Å². The number of nitrogens with one attached hydrogen (secondary N) is 1. The molecule has 0 radical (unpaired) electrons. The molecule has 7 heteroatoms. The molecule has 1 aliphatic rings. The van der Waals surface area contributed by atoms with Crippen LogP contribution in [-0.2, 0) is 4.79 Å². The molecule has 2 N–H and O–H groups in total. The molecule has 1 saturated heterocycles. The highest BCUT2D eigenvalue weighted by molar-refractivity contribution is 5.89. The summed E-state index contributed by atoms with van der Waals surface area (Å²) in [5.41, 5.74) is 2.91. The molecule has 3 aromatic rings. The van der Waals surface area contributed by atoms with Crippen molar-refractivity contribution in [3.8, 4) is 23.1 Å². The van der Waals surface area contributed by atoms with Crippen molar-refractivity contribution in [3.63, 3.8) is 0 Å². The van der Waals surface area contributed by atoms with Gasteiger partial charge in [-0.25, -0.2) is 0 Å². The third kappa shape index (κ3) is 2.78. The van der Waals surface area contributed by atoms with E-state index in [2.05, 4.69) is 15.2 Å². The van der Waals surface area contributed by atoms with E-state index in [1.807, 2.05) is 24.3 Å². The fraction of sp³-hybridized carbons (Fsp3) is 0.158. The van der Waals surface area contributed by atoms with Gasteiger partial charge in [-0.3, -0.25) is 4.79 Å². The number of aromatic amines is 1. The van der Waals surface area contributed by atoms with Crippen LogP contribution in [0.15, 0.2) is 48.6 Å². The average Bonchev–Trinajstić information content (AvgIpc) is 3.01. The minimum atomic E-state index is -0.152. The van der Waals surface area contributed by atoms with E-state index in [0.717, 1.165) is 11.1 Å². The Kier molecular flexibility index (Phi) is 3.86. The largest absolute Gasteiger partial charge is 0.507 e. The third-order valence-electron chi connectivity index (χ3n) is 4.51. The highest BCUT2D eigenvalue weighted by Crippen LogP contribution is 2.31. The maximum Gasteiger partial charge on any atom is 0.247 e. The zero-order valence-corrected chi connectivity index (χ0v) is 13.8. The number of aromatic hydroxyl groups is 1. The summed E-state index contributed by atoms with van der Waals surface area (Å²) in [5.74, 6) is 0.216. The smallest absolute Gasteiger partial charge is 0.247 e. The Morgan fingerprint density at radius 1 is 1.31 bits per heavy atom. The summed E-state index contributed by atoms with van der Waals surface area (Å²) in [7, 11) is 0. The van der Waals surface area contributed by atoms with Crippen LogP contribution < -0.4 is 0 Å². The van der Waals surface area contributed by atoms with Crippen LogP contribution in [0, 0.1) is 11.3 Å². The van der Waals surface area contributed by atoms with Crippen molar-refractivity contribution in [3.05, 3.63) is 54.2 Å². The van der Waals surface area contributed by atoms with Crippen LogP contribution in [-0.4, -0.2) is 44.2 Å². The molecule has 2 aromatic heterocycles. The molecule has 1 aliphatic heterocycles. The molecule has 3 heterocycles. The van der Waals surface area contributed by atoms with Gasteiger partial charge in [0.05, 0.1) is 11.8 Å². The Morgan fingerprint density at radius 2 is 2.12 bits per heavy atom. The predicted octanol–water partition coefficient (Wildman–Crippen LogP) is 2.34. The number of fused-ring (bicyclic) bond motifs is 1. The van der Waals surface area contributed by atoms with Crippen LogP contribution in [0.2, 0.25) is 0 Å². The van der Waals surface area contributed by atoms with Gasteiger partial charge in [-0.2, -0.15) is 5.26 Å². The summed E-state index contributed by atoms with van der Waals surface area (Å²) < 4.78 is 0. The Hall–Kier alpha value is -3.66. The van der Waals surface area contributed by atoms with Crippen molar-refractivity contribution in [1.29, 1.82) is 5.26 Å². The van der Waals surface area contributed by atoms with Gasteiger partial charge in [0.25, 0.3) is 0 Å². The number of hydrogen-bond acceptors (Lipinski definition) is 5. The molecular weight excluding hydrogens is 330 g/mol. The van der Waals surface area contributed by atoms with Crippen molar-refractivity contribution >= 4 is 16.9 Å². The molecular formula is C19H15N5O2. The molecule has 4 rings (SSSR count). The van der Waals surface area contributed by atoms with Crippen LogP contribution in [0.3, 0.4) is 0 Å². The van der Waals surface area contributed by atoms with E-state index < -0.39 is 0 Å². The number of aromatic nitrogens is 3. The van der Waals surface area contributed by atoms with Gasteiger partial charge in [-0.05, 0) is 24.3 Å². The molecule has 26 heavy (non-hydrogen) atoms. The van der Waals surface area contributed by atoms with Crippen LogP contribution in [0.4, 0.5) is 0 Å². The van der Waals surface area contributed by atoms with Gasteiger partial charge in [0.2, 0.25) is 5.91 Å². The first-order valence-electron chi connectivity index (χ1n) is 8.15. The second-order valence-corrected chi connectivity index (χ2v) is 6.18. The van der Waals surface area contributed by atoms with Gasteiger partial charge in [0.15, 0.2) is 5.65 Å². The Balaban J connectivity index is 1.54. The van der Waals surface area contributed by atoms with E-state index in [1.54, 1.807) is 23.1 Å². The summed E-state index contributed by atoms with van der Waals surface area (Å²) in [6, 6.07) is 12.7. The fourth-order valence-electron chi connectivity index (χ4n) is 3.06. The van der Waals surface area contributed by atoms with Crippen LogP contribution in [0.5, 0.6) is 5.75 Å². The van der Waals surface area contributed by atoms with Gasteiger partial charge in [0.1, 0.15) is 5.75 Å². The molecule has 1 fully saturated rings. The molecule has 1 aromatic carbocycles. The van der Waals surface area contributed by atoms with Crippen molar-refractivity contribution in [2.75, 3.05) is 13.1 Å². The summed E-state index contributed by atoms with van der Waals surface area (Å²) in [4.78, 5) is 16.7. The van der Waals surface area contributed by atoms with Gasteiger partial charge in [-0.15, -0.1) is 10.2 Å². The summed E-state index contributed by atoms with van der Waals surface area (Å²) in [6.07, 6.45) is 2.47. The first-order chi connectivity index (χ1) is 12.7. The third-order valence-corrected chi connectivity index (χ3v) is 4.51. The number of carbonyl (C=O) groups excluding carboxylic acids is 1. The maximum absolute atomic E-state index is 11.8. The minimum Gasteiger partial charge on any atom is -0.507 e. The quantitative estimate of drug-likeness (QED) is 0.560. The lowest BCUT2D eigenvalue weighted by Gasteiger charge is -2.38. The van der Waals surface area contributed by atoms with E-state index >= 15 is 0 Å². The number of phenols is 1. The van der Waals surface area contributed by atoms with Crippen LogP contribution >= 0.6 is 0 Å². The topological polar surface area (TPSA) is 106 Å². The molecule has 128 valence electrons. The predicted molar refractivity (Wildman–Crippen MR) is 95.1 cm³/mol. The lowest BCUT2D eigenvalue weighted by atomic mass is 9.96. The number of nitrogens with zero attached hydrogens (tertiary/aromatic N) is 4. The van der Waals surface area contributed by atoms with Crippen LogP contribution in [0.1, 0.15) is 11.6 Å². The molecule has 0 spiro atoms. The van der Waals surface area contributed by atoms with Crippen molar-refractivity contribution in [2.45, 2.75) is 5.92 Å². The lowest BCUT2D eigenvalue weighted by molar-refractivity contribution is -0.130. The number of H-pyrrole nitrogens is 1. The highest BCUT2D eigenvalue weighted by Gasteiger charge is 2.31. The molecule has 0 saturated carbocycles. The number of phenolic OH excluding ortho intramolecular Hbond substituents is 1. The fourth-order valence-corrected chi connectivity index (χ4v) is 3.06. The SMILES string of the molecule is N#C/C=C/C(=O)N1CC(c2cc3cc(-c4ccccc4O)nnc3[nH]2)C1. The number of nitriles is 1. The summed E-state index contributed by atoms with van der Waals surface area (Å²) in [5, 5.41) is 27.8. The van der Waals surface area contributed by atoms with Gasteiger partial charge >= 0.3 is 0 Å². The Bertz CT molecular complexity index is 1060. The monoisotopic (exact) mass is 345 g/mol. The molecule has 1 amide bonds. The second-order valence-electron chi connectivity index (χ2n) is 6.18. The van der Waals surface area contributed by atoms with Gasteiger partial charge < -0.3 is 15.0 Å². The maximum atomic E-state index is 11.8.